The quantitative estimate of drug-likeness (QED) is 0.759. The predicted octanol–water partition coefficient (Wildman–Crippen LogP) is 3.00. The van der Waals surface area contributed by atoms with E-state index in [-0.39, 0.29) is 23.6 Å². The van der Waals surface area contributed by atoms with E-state index >= 15 is 0 Å². The van der Waals surface area contributed by atoms with Crippen molar-refractivity contribution >= 4 is 17.6 Å². The average molecular weight is 291 g/mol. The number of imide groups is 1. The summed E-state index contributed by atoms with van der Waals surface area (Å²) in [6.45, 7) is 0. The van der Waals surface area contributed by atoms with E-state index < -0.39 is 0 Å². The first-order valence-electron chi connectivity index (χ1n) is 7.27. The molecule has 108 valence electrons. The molecule has 2 aliphatic rings. The number of fused-ring (bicyclic) bond motifs is 2. The third-order valence-corrected chi connectivity index (χ3v) is 4.40. The SMILES string of the molecule is O=C1CCC(N2C(=O)c3ccccc3C2=O)c2ccccc21. The summed E-state index contributed by atoms with van der Waals surface area (Å²) in [6, 6.07) is 13.7. The lowest BCUT2D eigenvalue weighted by Gasteiger charge is -2.31. The van der Waals surface area contributed by atoms with Gasteiger partial charge in [0.2, 0.25) is 0 Å². The Morgan fingerprint density at radius 3 is 1.95 bits per heavy atom. The predicted molar refractivity (Wildman–Crippen MR) is 79.7 cm³/mol. The number of nitrogens with zero attached hydrogens (tertiary/aromatic N) is 1. The van der Waals surface area contributed by atoms with Crippen LogP contribution in [-0.4, -0.2) is 22.5 Å². The van der Waals surface area contributed by atoms with E-state index in [1.165, 1.54) is 4.90 Å². The molecule has 0 N–H and O–H groups in total. The smallest absolute Gasteiger partial charge is 0.262 e. The molecule has 22 heavy (non-hydrogen) atoms. The maximum atomic E-state index is 12.6. The zero-order valence-electron chi connectivity index (χ0n) is 11.8. The number of hydrogen-bond donors (Lipinski definition) is 0. The first-order chi connectivity index (χ1) is 10.7. The van der Waals surface area contributed by atoms with Gasteiger partial charge >= 0.3 is 0 Å². The van der Waals surface area contributed by atoms with Crippen LogP contribution in [0.25, 0.3) is 0 Å². The normalized spacial score (nSPS) is 20.1. The molecule has 2 amide bonds. The number of Topliss-reactive ketones (excluding diaryl/α,β-unsaturated/α-hetero) is 1. The molecule has 2 aromatic rings. The Balaban J connectivity index is 1.82. The fraction of sp³-hybridized carbons (Fsp3) is 0.167. The summed E-state index contributed by atoms with van der Waals surface area (Å²) in [6.07, 6.45) is 0.844. The van der Waals surface area contributed by atoms with Crippen LogP contribution in [0, 0.1) is 0 Å². The van der Waals surface area contributed by atoms with Gasteiger partial charge in [0.15, 0.2) is 5.78 Å². The standard InChI is InChI=1S/C18H13NO3/c20-16-10-9-15(11-5-1-2-6-12(11)16)19-17(21)13-7-3-4-8-14(13)18(19)22/h1-8,15H,9-10H2. The van der Waals surface area contributed by atoms with Crippen molar-refractivity contribution in [3.8, 4) is 0 Å². The second-order valence-corrected chi connectivity index (χ2v) is 5.59. The molecule has 4 rings (SSSR count). The second kappa shape index (κ2) is 4.63. The van der Waals surface area contributed by atoms with E-state index in [0.29, 0.717) is 29.5 Å². The van der Waals surface area contributed by atoms with Crippen LogP contribution < -0.4 is 0 Å². The maximum absolute atomic E-state index is 12.6. The van der Waals surface area contributed by atoms with Gasteiger partial charge in [0, 0.05) is 12.0 Å². The van der Waals surface area contributed by atoms with Crippen LogP contribution in [0.3, 0.4) is 0 Å². The minimum atomic E-state index is -0.360. The molecule has 0 radical (unpaired) electrons. The lowest BCUT2D eigenvalue weighted by Crippen LogP contribution is -2.36. The molecule has 0 saturated heterocycles. The van der Waals surface area contributed by atoms with Gasteiger partial charge in [-0.2, -0.15) is 0 Å². The first kappa shape index (κ1) is 13.0. The summed E-state index contributed by atoms with van der Waals surface area (Å²) in [5.74, 6) is -0.465. The van der Waals surface area contributed by atoms with Gasteiger partial charge in [-0.05, 0) is 24.1 Å². The molecule has 4 nitrogen and oxygen atoms in total. The van der Waals surface area contributed by atoms with E-state index in [4.69, 9.17) is 0 Å². The van der Waals surface area contributed by atoms with Gasteiger partial charge in [-0.25, -0.2) is 0 Å². The molecule has 1 unspecified atom stereocenters. The molecule has 4 heteroatoms. The number of rotatable bonds is 1. The van der Waals surface area contributed by atoms with Gasteiger partial charge in [0.25, 0.3) is 11.8 Å². The van der Waals surface area contributed by atoms with Gasteiger partial charge in [-0.1, -0.05) is 36.4 Å². The van der Waals surface area contributed by atoms with Crippen molar-refractivity contribution in [1.82, 2.24) is 4.90 Å². The first-order valence-corrected chi connectivity index (χ1v) is 7.27. The van der Waals surface area contributed by atoms with Crippen molar-refractivity contribution in [2.24, 2.45) is 0 Å². The zero-order chi connectivity index (χ0) is 15.3. The van der Waals surface area contributed by atoms with Crippen molar-refractivity contribution in [3.05, 3.63) is 70.8 Å². The van der Waals surface area contributed by atoms with Crippen LogP contribution in [0.1, 0.15) is 55.5 Å². The van der Waals surface area contributed by atoms with Crippen molar-refractivity contribution in [2.75, 3.05) is 0 Å². The highest BCUT2D eigenvalue weighted by Crippen LogP contribution is 2.38. The highest BCUT2D eigenvalue weighted by atomic mass is 16.2. The largest absolute Gasteiger partial charge is 0.294 e. The van der Waals surface area contributed by atoms with E-state index in [1.54, 1.807) is 30.3 Å². The summed E-state index contributed by atoms with van der Waals surface area (Å²) in [5, 5.41) is 0. The van der Waals surface area contributed by atoms with Crippen LogP contribution in [0.15, 0.2) is 48.5 Å². The fourth-order valence-corrected chi connectivity index (χ4v) is 3.36. The number of ketones is 1. The van der Waals surface area contributed by atoms with Crippen molar-refractivity contribution in [3.63, 3.8) is 0 Å². The molecule has 2 aromatic carbocycles. The number of benzene rings is 2. The maximum Gasteiger partial charge on any atom is 0.262 e. The summed E-state index contributed by atoms with van der Waals surface area (Å²) >= 11 is 0. The molecular formula is C18H13NO3. The van der Waals surface area contributed by atoms with Crippen LogP contribution in [-0.2, 0) is 0 Å². The third-order valence-electron chi connectivity index (χ3n) is 4.40. The van der Waals surface area contributed by atoms with Gasteiger partial charge in [-0.3, -0.25) is 19.3 Å². The fourth-order valence-electron chi connectivity index (χ4n) is 3.36. The zero-order valence-corrected chi connectivity index (χ0v) is 11.8. The van der Waals surface area contributed by atoms with Gasteiger partial charge in [0.05, 0.1) is 17.2 Å². The van der Waals surface area contributed by atoms with Gasteiger partial charge < -0.3 is 0 Å². The topological polar surface area (TPSA) is 54.5 Å². The molecule has 1 atom stereocenters. The number of carbonyl (C=O) groups excluding carboxylic acids is 3. The Labute approximate surface area is 127 Å². The van der Waals surface area contributed by atoms with Crippen molar-refractivity contribution < 1.29 is 14.4 Å². The summed E-state index contributed by atoms with van der Waals surface area (Å²) < 4.78 is 0. The summed E-state index contributed by atoms with van der Waals surface area (Å²) in [5.41, 5.74) is 2.28. The molecule has 0 fully saturated rings. The lowest BCUT2D eigenvalue weighted by molar-refractivity contribution is 0.0557. The van der Waals surface area contributed by atoms with Crippen LogP contribution in [0.5, 0.6) is 0 Å². The molecule has 1 heterocycles. The van der Waals surface area contributed by atoms with Gasteiger partial charge in [0.1, 0.15) is 0 Å². The number of carbonyl (C=O) groups is 3. The van der Waals surface area contributed by atoms with Crippen molar-refractivity contribution in [2.45, 2.75) is 18.9 Å². The van der Waals surface area contributed by atoms with Gasteiger partial charge in [-0.15, -0.1) is 0 Å². The molecule has 0 saturated carbocycles. The average Bonchev–Trinajstić information content (AvgIpc) is 2.81. The Hall–Kier alpha value is -2.75. The molecular weight excluding hydrogens is 278 g/mol. The third kappa shape index (κ3) is 1.67. The Kier molecular flexibility index (Phi) is 2.73. The molecule has 0 bridgehead atoms. The molecule has 0 aromatic heterocycles. The van der Waals surface area contributed by atoms with E-state index in [2.05, 4.69) is 0 Å². The Morgan fingerprint density at radius 2 is 1.32 bits per heavy atom. The Bertz CT molecular complexity index is 790. The summed E-state index contributed by atoms with van der Waals surface area (Å²) in [7, 11) is 0. The number of amides is 2. The summed E-state index contributed by atoms with van der Waals surface area (Å²) in [4.78, 5) is 38.6. The Morgan fingerprint density at radius 1 is 0.773 bits per heavy atom. The number of hydrogen-bond acceptors (Lipinski definition) is 3. The van der Waals surface area contributed by atoms with E-state index in [9.17, 15) is 14.4 Å². The van der Waals surface area contributed by atoms with Crippen LogP contribution in [0.4, 0.5) is 0 Å². The lowest BCUT2D eigenvalue weighted by atomic mass is 9.86. The molecule has 0 spiro atoms. The molecule has 1 aliphatic carbocycles. The highest BCUT2D eigenvalue weighted by Gasteiger charge is 2.42. The van der Waals surface area contributed by atoms with E-state index in [0.717, 1.165) is 5.56 Å². The molecule has 1 aliphatic heterocycles. The minimum Gasteiger partial charge on any atom is -0.294 e. The minimum absolute atomic E-state index is 0.0726. The van der Waals surface area contributed by atoms with E-state index in [1.807, 2.05) is 18.2 Å². The van der Waals surface area contributed by atoms with Crippen molar-refractivity contribution in [1.29, 1.82) is 0 Å². The highest BCUT2D eigenvalue weighted by molar-refractivity contribution is 6.21. The second-order valence-electron chi connectivity index (χ2n) is 5.59. The van der Waals surface area contributed by atoms with Crippen LogP contribution >= 0.6 is 0 Å². The van der Waals surface area contributed by atoms with Crippen LogP contribution in [0.2, 0.25) is 0 Å². The monoisotopic (exact) mass is 291 g/mol.